The number of hydrogen-bond donors (Lipinski definition) is 1. The molecule has 0 radical (unpaired) electrons. The van der Waals surface area contributed by atoms with Crippen LogP contribution in [0.2, 0.25) is 5.02 Å². The molecule has 21 heavy (non-hydrogen) atoms. The van der Waals surface area contributed by atoms with Gasteiger partial charge in [-0.3, -0.25) is 0 Å². The second kappa shape index (κ2) is 5.61. The van der Waals surface area contributed by atoms with Crippen LogP contribution in [0.5, 0.6) is 11.5 Å². The van der Waals surface area contributed by atoms with Gasteiger partial charge >= 0.3 is 0 Å². The van der Waals surface area contributed by atoms with Crippen molar-refractivity contribution in [2.75, 3.05) is 6.61 Å². The van der Waals surface area contributed by atoms with Gasteiger partial charge in [0.25, 0.3) is 0 Å². The van der Waals surface area contributed by atoms with Gasteiger partial charge in [0, 0.05) is 17.2 Å². The molecule has 0 saturated carbocycles. The Labute approximate surface area is 125 Å². The van der Waals surface area contributed by atoms with E-state index in [1.54, 1.807) is 30.3 Å². The fourth-order valence-electron chi connectivity index (χ4n) is 2.08. The lowest BCUT2D eigenvalue weighted by Crippen LogP contribution is -2.01. The summed E-state index contributed by atoms with van der Waals surface area (Å²) in [5.41, 5.74) is 1.77. The summed E-state index contributed by atoms with van der Waals surface area (Å²) >= 11 is 5.87. The molecule has 0 bridgehead atoms. The first-order valence-electron chi connectivity index (χ1n) is 6.23. The highest BCUT2D eigenvalue weighted by molar-refractivity contribution is 6.31. The lowest BCUT2D eigenvalue weighted by Gasteiger charge is -2.09. The van der Waals surface area contributed by atoms with E-state index in [9.17, 15) is 4.39 Å². The highest BCUT2D eigenvalue weighted by Crippen LogP contribution is 2.30. The number of oxime groups is 1. The Morgan fingerprint density at radius 3 is 3.00 bits per heavy atom. The predicted molar refractivity (Wildman–Crippen MR) is 76.0 cm³/mol. The number of benzene rings is 2. The molecule has 1 aliphatic heterocycles. The van der Waals surface area contributed by atoms with Gasteiger partial charge in [-0.25, -0.2) is 4.39 Å². The Balaban J connectivity index is 1.76. The molecule has 1 aliphatic rings. The number of halogens is 2. The van der Waals surface area contributed by atoms with Crippen LogP contribution >= 0.6 is 11.6 Å². The third-order valence-corrected chi connectivity index (χ3v) is 3.60. The molecule has 4 nitrogen and oxygen atoms in total. The predicted octanol–water partition coefficient (Wildman–Crippen LogP) is 3.63. The molecule has 2 aromatic carbocycles. The van der Waals surface area contributed by atoms with E-state index in [1.807, 2.05) is 0 Å². The van der Waals surface area contributed by atoms with Crippen molar-refractivity contribution in [2.45, 2.75) is 6.61 Å². The summed E-state index contributed by atoms with van der Waals surface area (Å²) in [6.07, 6.45) is 0. The maximum absolute atomic E-state index is 13.3. The second-order valence-corrected chi connectivity index (χ2v) is 4.87. The van der Waals surface area contributed by atoms with Crippen molar-refractivity contribution in [2.24, 2.45) is 5.16 Å². The normalized spacial score (nSPS) is 14.9. The molecule has 1 heterocycles. The van der Waals surface area contributed by atoms with Crippen LogP contribution in [0.25, 0.3) is 0 Å². The number of ether oxygens (including phenoxy) is 2. The van der Waals surface area contributed by atoms with E-state index >= 15 is 0 Å². The van der Waals surface area contributed by atoms with Gasteiger partial charge < -0.3 is 14.7 Å². The number of hydrogen-bond acceptors (Lipinski definition) is 4. The van der Waals surface area contributed by atoms with Crippen molar-refractivity contribution in [3.8, 4) is 11.5 Å². The van der Waals surface area contributed by atoms with E-state index in [-0.39, 0.29) is 18.2 Å². The minimum Gasteiger partial charge on any atom is -0.489 e. The monoisotopic (exact) mass is 307 g/mol. The average molecular weight is 308 g/mol. The van der Waals surface area contributed by atoms with Crippen LogP contribution in [0.15, 0.2) is 41.6 Å². The Bertz CT molecular complexity index is 718. The fraction of sp³-hybridized carbons (Fsp3) is 0.133. The van der Waals surface area contributed by atoms with Gasteiger partial charge in [0.05, 0.1) is 5.02 Å². The molecule has 1 N–H and O–H groups in total. The Hall–Kier alpha value is -2.27. The summed E-state index contributed by atoms with van der Waals surface area (Å²) in [4.78, 5) is 0. The number of rotatable bonds is 3. The Kier molecular flexibility index (Phi) is 3.66. The summed E-state index contributed by atoms with van der Waals surface area (Å²) < 4.78 is 24.3. The molecule has 0 amide bonds. The zero-order valence-corrected chi connectivity index (χ0v) is 11.6. The quantitative estimate of drug-likeness (QED) is 0.696. The second-order valence-electron chi connectivity index (χ2n) is 4.49. The van der Waals surface area contributed by atoms with Crippen LogP contribution in [0.1, 0.15) is 11.1 Å². The first kappa shape index (κ1) is 13.7. The van der Waals surface area contributed by atoms with Gasteiger partial charge in [-0.15, -0.1) is 0 Å². The minimum atomic E-state index is -0.473. The van der Waals surface area contributed by atoms with E-state index in [4.69, 9.17) is 26.3 Å². The third-order valence-electron chi connectivity index (χ3n) is 3.17. The standard InChI is InChI=1S/C15H11ClFNO3/c16-15-9(2-1-3-12(15)17)7-20-10-4-5-11-13(18-19)8-21-14(11)6-10/h1-6,19H,7-8H2/b18-13-. The molecule has 0 aliphatic carbocycles. The van der Waals surface area contributed by atoms with Crippen molar-refractivity contribution in [3.63, 3.8) is 0 Å². The zero-order valence-electron chi connectivity index (χ0n) is 10.8. The van der Waals surface area contributed by atoms with Crippen molar-refractivity contribution in [1.29, 1.82) is 0 Å². The smallest absolute Gasteiger partial charge is 0.142 e. The van der Waals surface area contributed by atoms with Crippen LogP contribution in [0.3, 0.4) is 0 Å². The highest BCUT2D eigenvalue weighted by Gasteiger charge is 2.20. The zero-order chi connectivity index (χ0) is 14.8. The van der Waals surface area contributed by atoms with E-state index < -0.39 is 5.82 Å². The Morgan fingerprint density at radius 1 is 1.33 bits per heavy atom. The molecular weight excluding hydrogens is 297 g/mol. The molecule has 0 fully saturated rings. The van der Waals surface area contributed by atoms with Crippen LogP contribution in [-0.4, -0.2) is 17.5 Å². The lowest BCUT2D eigenvalue weighted by molar-refractivity contribution is 0.302. The molecule has 0 aromatic heterocycles. The number of nitrogens with zero attached hydrogens (tertiary/aromatic N) is 1. The first-order valence-corrected chi connectivity index (χ1v) is 6.60. The maximum atomic E-state index is 13.3. The summed E-state index contributed by atoms with van der Waals surface area (Å²) in [6, 6.07) is 9.75. The Morgan fingerprint density at radius 2 is 2.19 bits per heavy atom. The lowest BCUT2D eigenvalue weighted by atomic mass is 10.1. The van der Waals surface area contributed by atoms with Crippen LogP contribution in [-0.2, 0) is 6.61 Å². The van der Waals surface area contributed by atoms with Gasteiger partial charge in [-0.05, 0) is 18.2 Å². The highest BCUT2D eigenvalue weighted by atomic mass is 35.5. The summed E-state index contributed by atoms with van der Waals surface area (Å²) in [5, 5.41) is 12.0. The minimum absolute atomic E-state index is 0.0598. The van der Waals surface area contributed by atoms with E-state index in [1.165, 1.54) is 6.07 Å². The van der Waals surface area contributed by atoms with Gasteiger partial charge in [-0.1, -0.05) is 28.9 Å². The molecule has 0 saturated heterocycles. The average Bonchev–Trinajstić information content (AvgIpc) is 2.91. The molecule has 108 valence electrons. The molecule has 6 heteroatoms. The van der Waals surface area contributed by atoms with Crippen LogP contribution < -0.4 is 9.47 Å². The van der Waals surface area contributed by atoms with E-state index in [0.29, 0.717) is 22.8 Å². The fourth-order valence-corrected chi connectivity index (χ4v) is 2.26. The molecular formula is C15H11ClFNO3. The van der Waals surface area contributed by atoms with Crippen molar-refractivity contribution in [1.82, 2.24) is 0 Å². The molecule has 0 spiro atoms. The van der Waals surface area contributed by atoms with Crippen LogP contribution in [0.4, 0.5) is 4.39 Å². The van der Waals surface area contributed by atoms with Crippen molar-refractivity contribution in [3.05, 3.63) is 58.4 Å². The first-order chi connectivity index (χ1) is 10.2. The molecule has 3 rings (SSSR count). The van der Waals surface area contributed by atoms with Gasteiger partial charge in [0.1, 0.15) is 36.2 Å². The van der Waals surface area contributed by atoms with Crippen molar-refractivity contribution >= 4 is 17.3 Å². The summed E-state index contributed by atoms with van der Waals surface area (Å²) in [7, 11) is 0. The summed E-state index contributed by atoms with van der Waals surface area (Å²) in [5.74, 6) is 0.678. The van der Waals surface area contributed by atoms with Gasteiger partial charge in [0.2, 0.25) is 0 Å². The summed E-state index contributed by atoms with van der Waals surface area (Å²) in [6.45, 7) is 0.376. The molecule has 2 aromatic rings. The van der Waals surface area contributed by atoms with Crippen LogP contribution in [0, 0.1) is 5.82 Å². The van der Waals surface area contributed by atoms with E-state index in [0.717, 1.165) is 5.56 Å². The molecule has 0 unspecified atom stereocenters. The van der Waals surface area contributed by atoms with E-state index in [2.05, 4.69) is 5.16 Å². The van der Waals surface area contributed by atoms with Crippen molar-refractivity contribution < 1.29 is 19.1 Å². The SMILES string of the molecule is O/N=C1/COc2cc(OCc3cccc(F)c3Cl)ccc21. The maximum Gasteiger partial charge on any atom is 0.142 e. The third kappa shape index (κ3) is 2.64. The van der Waals surface area contributed by atoms with Gasteiger partial charge in [-0.2, -0.15) is 0 Å². The molecule has 0 atom stereocenters. The van der Waals surface area contributed by atoms with Gasteiger partial charge in [0.15, 0.2) is 0 Å². The largest absolute Gasteiger partial charge is 0.489 e. The topological polar surface area (TPSA) is 51.1 Å². The number of fused-ring (bicyclic) bond motifs is 1.